The molecule has 5 heteroatoms. The van der Waals surface area contributed by atoms with Gasteiger partial charge in [-0.3, -0.25) is 0 Å². The quantitative estimate of drug-likeness (QED) is 0.762. The summed E-state index contributed by atoms with van der Waals surface area (Å²) < 4.78 is 0. The average Bonchev–Trinajstić information content (AvgIpc) is 2.16. The minimum absolute atomic E-state index is 0.349. The second kappa shape index (κ2) is 5.27. The first-order chi connectivity index (χ1) is 7.11. The van der Waals surface area contributed by atoms with Crippen molar-refractivity contribution in [2.45, 2.75) is 26.4 Å². The predicted octanol–water partition coefficient (Wildman–Crippen LogP) is 0.839. The van der Waals surface area contributed by atoms with E-state index in [9.17, 15) is 0 Å². The van der Waals surface area contributed by atoms with Gasteiger partial charge >= 0.3 is 0 Å². The van der Waals surface area contributed by atoms with Gasteiger partial charge in [0.1, 0.15) is 11.8 Å². The van der Waals surface area contributed by atoms with Crippen LogP contribution in [0.15, 0.2) is 6.07 Å². The molecule has 0 radical (unpaired) electrons. The highest BCUT2D eigenvalue weighted by Gasteiger charge is 2.01. The summed E-state index contributed by atoms with van der Waals surface area (Å²) in [6, 6.07) is 3.59. The van der Waals surface area contributed by atoms with Crippen molar-refractivity contribution in [3.8, 4) is 6.07 Å². The number of rotatable bonds is 4. The zero-order chi connectivity index (χ0) is 11.3. The van der Waals surface area contributed by atoms with Crippen molar-refractivity contribution in [3.05, 3.63) is 17.5 Å². The van der Waals surface area contributed by atoms with Crippen molar-refractivity contribution < 1.29 is 5.11 Å². The Morgan fingerprint density at radius 3 is 2.93 bits per heavy atom. The third-order valence-electron chi connectivity index (χ3n) is 1.81. The number of aliphatic hydroxyl groups is 1. The Morgan fingerprint density at radius 1 is 1.60 bits per heavy atom. The molecule has 1 unspecified atom stereocenters. The number of nitrogens with zero attached hydrogens (tertiary/aromatic N) is 3. The molecular formula is C10H14N4O. The fourth-order valence-electron chi connectivity index (χ4n) is 1.10. The van der Waals surface area contributed by atoms with Gasteiger partial charge in [-0.15, -0.1) is 0 Å². The van der Waals surface area contributed by atoms with Gasteiger partial charge < -0.3 is 10.4 Å². The summed E-state index contributed by atoms with van der Waals surface area (Å²) in [5, 5.41) is 20.7. The SMILES string of the molecule is Cc1cc(C#N)nc(NCCC(C)O)n1. The van der Waals surface area contributed by atoms with Crippen LogP contribution in [0.4, 0.5) is 5.95 Å². The van der Waals surface area contributed by atoms with Gasteiger partial charge in [0.05, 0.1) is 6.10 Å². The van der Waals surface area contributed by atoms with Crippen LogP contribution < -0.4 is 5.32 Å². The fourth-order valence-corrected chi connectivity index (χ4v) is 1.10. The monoisotopic (exact) mass is 206 g/mol. The van der Waals surface area contributed by atoms with Crippen LogP contribution in [0.25, 0.3) is 0 Å². The molecule has 0 fully saturated rings. The first-order valence-electron chi connectivity index (χ1n) is 4.79. The number of hydrogen-bond donors (Lipinski definition) is 2. The smallest absolute Gasteiger partial charge is 0.224 e. The standard InChI is InChI=1S/C10H14N4O/c1-7-5-9(6-11)14-10(13-7)12-4-3-8(2)15/h5,8,15H,3-4H2,1-2H3,(H,12,13,14). The van der Waals surface area contributed by atoms with E-state index >= 15 is 0 Å². The topological polar surface area (TPSA) is 81.8 Å². The maximum atomic E-state index is 9.05. The molecule has 5 nitrogen and oxygen atoms in total. The molecule has 1 aromatic heterocycles. The van der Waals surface area contributed by atoms with E-state index < -0.39 is 0 Å². The van der Waals surface area contributed by atoms with Crippen LogP contribution in [0.5, 0.6) is 0 Å². The van der Waals surface area contributed by atoms with Crippen molar-refractivity contribution in [3.63, 3.8) is 0 Å². The summed E-state index contributed by atoms with van der Waals surface area (Å²) in [4.78, 5) is 8.11. The summed E-state index contributed by atoms with van der Waals surface area (Å²) in [7, 11) is 0. The number of aromatic nitrogens is 2. The van der Waals surface area contributed by atoms with Crippen LogP contribution in [-0.4, -0.2) is 27.7 Å². The third-order valence-corrected chi connectivity index (χ3v) is 1.81. The second-order valence-corrected chi connectivity index (χ2v) is 3.39. The van der Waals surface area contributed by atoms with Crippen LogP contribution in [-0.2, 0) is 0 Å². The molecule has 1 heterocycles. The lowest BCUT2D eigenvalue weighted by Gasteiger charge is -2.06. The molecule has 0 aliphatic carbocycles. The zero-order valence-corrected chi connectivity index (χ0v) is 8.86. The van der Waals surface area contributed by atoms with Crippen LogP contribution in [0.1, 0.15) is 24.7 Å². The molecule has 1 atom stereocenters. The maximum absolute atomic E-state index is 9.05. The van der Waals surface area contributed by atoms with Gasteiger partial charge in [0.25, 0.3) is 0 Å². The molecule has 2 N–H and O–H groups in total. The van der Waals surface area contributed by atoms with E-state index in [0.717, 1.165) is 5.69 Å². The van der Waals surface area contributed by atoms with Gasteiger partial charge in [-0.1, -0.05) is 0 Å². The fraction of sp³-hybridized carbons (Fsp3) is 0.500. The van der Waals surface area contributed by atoms with Crippen LogP contribution in [0.3, 0.4) is 0 Å². The van der Waals surface area contributed by atoms with E-state index in [1.54, 1.807) is 13.0 Å². The van der Waals surface area contributed by atoms with Gasteiger partial charge in [-0.05, 0) is 26.3 Å². The second-order valence-electron chi connectivity index (χ2n) is 3.39. The van der Waals surface area contributed by atoms with E-state index in [1.807, 2.05) is 13.0 Å². The number of nitriles is 1. The Labute approximate surface area is 88.8 Å². The Hall–Kier alpha value is -1.67. The van der Waals surface area contributed by atoms with Gasteiger partial charge in [0, 0.05) is 12.2 Å². The number of nitrogens with one attached hydrogen (secondary N) is 1. The number of hydrogen-bond acceptors (Lipinski definition) is 5. The number of aryl methyl sites for hydroxylation is 1. The molecule has 80 valence electrons. The average molecular weight is 206 g/mol. The van der Waals surface area contributed by atoms with E-state index in [2.05, 4.69) is 15.3 Å². The lowest BCUT2D eigenvalue weighted by molar-refractivity contribution is 0.188. The summed E-state index contributed by atoms with van der Waals surface area (Å²) in [5.41, 5.74) is 1.10. The lowest BCUT2D eigenvalue weighted by Crippen LogP contribution is -2.12. The Morgan fingerprint density at radius 2 is 2.33 bits per heavy atom. The van der Waals surface area contributed by atoms with Crippen LogP contribution in [0, 0.1) is 18.3 Å². The highest BCUT2D eigenvalue weighted by molar-refractivity contribution is 5.32. The normalized spacial score (nSPS) is 11.9. The highest BCUT2D eigenvalue weighted by Crippen LogP contribution is 2.04. The maximum Gasteiger partial charge on any atom is 0.224 e. The first kappa shape index (κ1) is 11.4. The van der Waals surface area contributed by atoms with E-state index in [1.165, 1.54) is 0 Å². The molecule has 0 saturated carbocycles. The van der Waals surface area contributed by atoms with Gasteiger partial charge in [-0.25, -0.2) is 9.97 Å². The van der Waals surface area contributed by atoms with E-state index in [-0.39, 0.29) is 6.10 Å². The summed E-state index contributed by atoms with van der Waals surface area (Å²) in [5.74, 6) is 0.437. The van der Waals surface area contributed by atoms with Gasteiger partial charge in [-0.2, -0.15) is 5.26 Å². The van der Waals surface area contributed by atoms with E-state index in [4.69, 9.17) is 10.4 Å². The van der Waals surface area contributed by atoms with Crippen molar-refractivity contribution in [2.75, 3.05) is 11.9 Å². The Bertz CT molecular complexity index is 370. The number of aliphatic hydroxyl groups excluding tert-OH is 1. The van der Waals surface area contributed by atoms with Crippen molar-refractivity contribution in [1.29, 1.82) is 5.26 Å². The highest BCUT2D eigenvalue weighted by atomic mass is 16.3. The van der Waals surface area contributed by atoms with Crippen molar-refractivity contribution in [2.24, 2.45) is 0 Å². The summed E-state index contributed by atoms with van der Waals surface area (Å²) in [6.45, 7) is 4.12. The van der Waals surface area contributed by atoms with Crippen molar-refractivity contribution >= 4 is 5.95 Å². The molecule has 0 aliphatic heterocycles. The van der Waals surface area contributed by atoms with Gasteiger partial charge in [0.2, 0.25) is 5.95 Å². The van der Waals surface area contributed by atoms with Crippen LogP contribution in [0.2, 0.25) is 0 Å². The summed E-state index contributed by atoms with van der Waals surface area (Å²) in [6.07, 6.45) is 0.275. The van der Waals surface area contributed by atoms with Crippen LogP contribution >= 0.6 is 0 Å². The van der Waals surface area contributed by atoms with Gasteiger partial charge in [0.15, 0.2) is 0 Å². The minimum Gasteiger partial charge on any atom is -0.393 e. The van der Waals surface area contributed by atoms with E-state index in [0.29, 0.717) is 24.6 Å². The molecule has 0 aliphatic rings. The molecule has 0 bridgehead atoms. The predicted molar refractivity (Wildman–Crippen MR) is 56.3 cm³/mol. The number of anilines is 1. The first-order valence-corrected chi connectivity index (χ1v) is 4.79. The summed E-state index contributed by atoms with van der Waals surface area (Å²) >= 11 is 0. The molecule has 1 rings (SSSR count). The zero-order valence-electron chi connectivity index (χ0n) is 8.86. The molecule has 0 saturated heterocycles. The molecule has 0 amide bonds. The molecular weight excluding hydrogens is 192 g/mol. The molecule has 0 aromatic carbocycles. The third kappa shape index (κ3) is 3.92. The van der Waals surface area contributed by atoms with Crippen molar-refractivity contribution in [1.82, 2.24) is 9.97 Å². The lowest BCUT2D eigenvalue weighted by atomic mass is 10.3. The molecule has 0 spiro atoms. The largest absolute Gasteiger partial charge is 0.393 e. The minimum atomic E-state index is -0.349. The Balaban J connectivity index is 2.61. The Kier molecular flexibility index (Phi) is 4.01. The molecule has 1 aromatic rings. The molecule has 15 heavy (non-hydrogen) atoms.